The standard InChI is InChI=1S/C24H28N2O4/c1-17(22(27)26(24(3,4)5)16-20-9-7-6-8-10-20)30-23(28)18(2)29-21-13-11-19(15-25)12-14-21/h6-14,17-18H,16H2,1-5H3/t17-,18+/m0/s1. The van der Waals surface area contributed by atoms with Gasteiger partial charge in [-0.25, -0.2) is 4.79 Å². The molecule has 2 rings (SSSR count). The maximum Gasteiger partial charge on any atom is 0.347 e. The summed E-state index contributed by atoms with van der Waals surface area (Å²) >= 11 is 0. The van der Waals surface area contributed by atoms with Crippen molar-refractivity contribution in [2.24, 2.45) is 0 Å². The fourth-order valence-electron chi connectivity index (χ4n) is 2.81. The number of hydrogen-bond donors (Lipinski definition) is 0. The molecule has 0 saturated heterocycles. The Morgan fingerprint density at radius 1 is 1.00 bits per heavy atom. The van der Waals surface area contributed by atoms with Crippen LogP contribution in [0.4, 0.5) is 0 Å². The highest BCUT2D eigenvalue weighted by Gasteiger charge is 2.32. The number of carbonyl (C=O) groups excluding carboxylic acids is 2. The average Bonchev–Trinajstić information content (AvgIpc) is 2.71. The molecular weight excluding hydrogens is 380 g/mol. The Labute approximate surface area is 178 Å². The maximum atomic E-state index is 13.1. The summed E-state index contributed by atoms with van der Waals surface area (Å²) in [4.78, 5) is 27.2. The molecule has 0 saturated carbocycles. The lowest BCUT2D eigenvalue weighted by molar-refractivity contribution is -0.166. The normalized spacial score (nSPS) is 12.9. The Balaban J connectivity index is 2.02. The zero-order chi connectivity index (χ0) is 22.3. The molecule has 6 nitrogen and oxygen atoms in total. The number of carbonyl (C=O) groups is 2. The topological polar surface area (TPSA) is 79.6 Å². The van der Waals surface area contributed by atoms with Crippen LogP contribution in [0, 0.1) is 11.3 Å². The summed E-state index contributed by atoms with van der Waals surface area (Å²) in [6, 6.07) is 18.1. The zero-order valence-electron chi connectivity index (χ0n) is 18.1. The monoisotopic (exact) mass is 408 g/mol. The molecule has 0 N–H and O–H groups in total. The van der Waals surface area contributed by atoms with E-state index in [2.05, 4.69) is 0 Å². The van der Waals surface area contributed by atoms with E-state index in [-0.39, 0.29) is 5.91 Å². The third-order valence-corrected chi connectivity index (χ3v) is 4.53. The lowest BCUT2D eigenvalue weighted by atomic mass is 10.0. The molecule has 0 aliphatic rings. The highest BCUT2D eigenvalue weighted by molar-refractivity contribution is 5.85. The zero-order valence-corrected chi connectivity index (χ0v) is 18.1. The van der Waals surface area contributed by atoms with E-state index in [0.717, 1.165) is 5.56 Å². The molecule has 2 atom stereocenters. The summed E-state index contributed by atoms with van der Waals surface area (Å²) < 4.78 is 11.0. The summed E-state index contributed by atoms with van der Waals surface area (Å²) in [5, 5.41) is 8.84. The molecule has 0 fully saturated rings. The average molecular weight is 408 g/mol. The maximum absolute atomic E-state index is 13.1. The minimum atomic E-state index is -0.951. The van der Waals surface area contributed by atoms with E-state index in [1.54, 1.807) is 43.0 Å². The molecule has 2 aromatic carbocycles. The first kappa shape index (κ1) is 23.0. The van der Waals surface area contributed by atoms with Crippen LogP contribution in [-0.2, 0) is 20.9 Å². The molecule has 0 heterocycles. The van der Waals surface area contributed by atoms with Gasteiger partial charge in [0, 0.05) is 12.1 Å². The molecule has 30 heavy (non-hydrogen) atoms. The lowest BCUT2D eigenvalue weighted by Gasteiger charge is -2.37. The van der Waals surface area contributed by atoms with Crippen LogP contribution < -0.4 is 4.74 Å². The number of nitriles is 1. The Kier molecular flexibility index (Phi) is 7.60. The van der Waals surface area contributed by atoms with Crippen molar-refractivity contribution in [1.29, 1.82) is 5.26 Å². The molecule has 1 amide bonds. The molecule has 0 aliphatic carbocycles. The van der Waals surface area contributed by atoms with Crippen LogP contribution in [-0.4, -0.2) is 34.5 Å². The van der Waals surface area contributed by atoms with Crippen molar-refractivity contribution >= 4 is 11.9 Å². The first-order chi connectivity index (χ1) is 14.1. The van der Waals surface area contributed by atoms with Gasteiger partial charge in [0.05, 0.1) is 11.6 Å². The highest BCUT2D eigenvalue weighted by Crippen LogP contribution is 2.20. The number of amides is 1. The van der Waals surface area contributed by atoms with Crippen molar-refractivity contribution in [3.63, 3.8) is 0 Å². The molecule has 0 aliphatic heterocycles. The van der Waals surface area contributed by atoms with Crippen molar-refractivity contribution in [1.82, 2.24) is 4.90 Å². The van der Waals surface area contributed by atoms with Gasteiger partial charge < -0.3 is 14.4 Å². The second-order valence-corrected chi connectivity index (χ2v) is 8.06. The van der Waals surface area contributed by atoms with Crippen molar-refractivity contribution in [2.45, 2.75) is 58.9 Å². The van der Waals surface area contributed by atoms with Gasteiger partial charge in [-0.05, 0) is 64.4 Å². The van der Waals surface area contributed by atoms with Crippen LogP contribution in [0.25, 0.3) is 0 Å². The van der Waals surface area contributed by atoms with Gasteiger partial charge in [-0.3, -0.25) is 4.79 Å². The molecule has 0 aromatic heterocycles. The summed E-state index contributed by atoms with van der Waals surface area (Å²) in [6.45, 7) is 9.38. The van der Waals surface area contributed by atoms with Crippen LogP contribution in [0.15, 0.2) is 54.6 Å². The van der Waals surface area contributed by atoms with Gasteiger partial charge >= 0.3 is 5.97 Å². The minimum absolute atomic E-state index is 0.273. The highest BCUT2D eigenvalue weighted by atomic mass is 16.6. The molecule has 0 spiro atoms. The Morgan fingerprint density at radius 3 is 2.13 bits per heavy atom. The van der Waals surface area contributed by atoms with Crippen LogP contribution in [0.5, 0.6) is 5.75 Å². The first-order valence-electron chi connectivity index (χ1n) is 9.84. The van der Waals surface area contributed by atoms with Gasteiger partial charge in [0.15, 0.2) is 12.2 Å². The van der Waals surface area contributed by atoms with E-state index >= 15 is 0 Å². The van der Waals surface area contributed by atoms with E-state index in [9.17, 15) is 9.59 Å². The number of hydrogen-bond acceptors (Lipinski definition) is 5. The minimum Gasteiger partial charge on any atom is -0.479 e. The van der Waals surface area contributed by atoms with Crippen molar-refractivity contribution in [3.8, 4) is 11.8 Å². The fraction of sp³-hybridized carbons (Fsp3) is 0.375. The lowest BCUT2D eigenvalue weighted by Crippen LogP contribution is -2.50. The fourth-order valence-corrected chi connectivity index (χ4v) is 2.81. The van der Waals surface area contributed by atoms with Crippen LogP contribution in [0.3, 0.4) is 0 Å². The Hall–Kier alpha value is -3.33. The Bertz CT molecular complexity index is 896. The smallest absolute Gasteiger partial charge is 0.347 e. The van der Waals surface area contributed by atoms with Crippen LogP contribution >= 0.6 is 0 Å². The largest absolute Gasteiger partial charge is 0.479 e. The van der Waals surface area contributed by atoms with Crippen molar-refractivity contribution in [3.05, 3.63) is 65.7 Å². The molecule has 0 bridgehead atoms. The summed E-state index contributed by atoms with van der Waals surface area (Å²) in [7, 11) is 0. The number of ether oxygens (including phenoxy) is 2. The van der Waals surface area contributed by atoms with Crippen molar-refractivity contribution in [2.75, 3.05) is 0 Å². The second-order valence-electron chi connectivity index (χ2n) is 8.06. The van der Waals surface area contributed by atoms with Gasteiger partial charge in [0.25, 0.3) is 5.91 Å². The van der Waals surface area contributed by atoms with E-state index < -0.39 is 23.7 Å². The molecule has 158 valence electrons. The SMILES string of the molecule is C[C@H](OC(=O)[C@@H](C)Oc1ccc(C#N)cc1)C(=O)N(Cc1ccccc1)C(C)(C)C. The molecule has 2 aromatic rings. The molecule has 6 heteroatoms. The van der Waals surface area contributed by atoms with Crippen LogP contribution in [0.2, 0.25) is 0 Å². The van der Waals surface area contributed by atoms with Gasteiger partial charge in [-0.1, -0.05) is 30.3 Å². The third-order valence-electron chi connectivity index (χ3n) is 4.53. The van der Waals surface area contributed by atoms with Crippen LogP contribution in [0.1, 0.15) is 45.7 Å². The summed E-state index contributed by atoms with van der Waals surface area (Å²) in [5.74, 6) is -0.461. The van der Waals surface area contributed by atoms with Gasteiger partial charge in [-0.15, -0.1) is 0 Å². The number of esters is 1. The molecular formula is C24H28N2O4. The molecule has 0 unspecified atom stereocenters. The second kappa shape index (κ2) is 9.93. The summed E-state index contributed by atoms with van der Waals surface area (Å²) in [6.07, 6.45) is -1.85. The summed E-state index contributed by atoms with van der Waals surface area (Å²) in [5.41, 5.74) is 1.05. The van der Waals surface area contributed by atoms with Gasteiger partial charge in [0.2, 0.25) is 0 Å². The number of benzene rings is 2. The molecule has 0 radical (unpaired) electrons. The van der Waals surface area contributed by atoms with E-state index in [1.807, 2.05) is 57.2 Å². The number of rotatable bonds is 7. The van der Waals surface area contributed by atoms with Gasteiger partial charge in [0.1, 0.15) is 5.75 Å². The van der Waals surface area contributed by atoms with Crippen molar-refractivity contribution < 1.29 is 19.1 Å². The van der Waals surface area contributed by atoms with E-state index in [1.165, 1.54) is 0 Å². The predicted molar refractivity (Wildman–Crippen MR) is 114 cm³/mol. The van der Waals surface area contributed by atoms with Gasteiger partial charge in [-0.2, -0.15) is 5.26 Å². The third kappa shape index (κ3) is 6.35. The predicted octanol–water partition coefficient (Wildman–Crippen LogP) is 4.08. The number of nitrogens with zero attached hydrogens (tertiary/aromatic N) is 2. The first-order valence-corrected chi connectivity index (χ1v) is 9.84. The van der Waals surface area contributed by atoms with E-state index in [4.69, 9.17) is 14.7 Å². The quantitative estimate of drug-likeness (QED) is 0.645. The van der Waals surface area contributed by atoms with E-state index in [0.29, 0.717) is 17.9 Å². The Morgan fingerprint density at radius 2 is 1.60 bits per heavy atom.